The summed E-state index contributed by atoms with van der Waals surface area (Å²) in [5, 5.41) is 4.14. The second kappa shape index (κ2) is 10.5. The van der Waals surface area contributed by atoms with Crippen molar-refractivity contribution in [3.8, 4) is 28.3 Å². The lowest BCUT2D eigenvalue weighted by molar-refractivity contribution is 0.0827. The molecular weight excluding hydrogens is 462 g/mol. The molecule has 0 atom stereocenters. The zero-order chi connectivity index (χ0) is 25.8. The van der Waals surface area contributed by atoms with Gasteiger partial charge in [-0.25, -0.2) is 9.97 Å². The molecule has 7 heteroatoms. The van der Waals surface area contributed by atoms with Crippen LogP contribution in [0, 0.1) is 0 Å². The van der Waals surface area contributed by atoms with Gasteiger partial charge in [-0.15, -0.1) is 0 Å². The standard InChI is InChI=1S/C30H27N5O2/c1-31-29-26-17-23(13-14-27(26)33-28(34-29)24-7-5-15-32-18-24)22-6-4-8-25(16-22)37-19-20-9-11-21(12-10-20)30(36)35(2)3/h4-18H,19H2,1-3H3,(H,31,33,34). The highest BCUT2D eigenvalue weighted by Gasteiger charge is 2.11. The molecule has 0 aliphatic heterocycles. The Balaban J connectivity index is 1.37. The summed E-state index contributed by atoms with van der Waals surface area (Å²) in [4.78, 5) is 27.3. The summed E-state index contributed by atoms with van der Waals surface area (Å²) >= 11 is 0. The van der Waals surface area contributed by atoms with Crippen molar-refractivity contribution in [1.29, 1.82) is 0 Å². The van der Waals surface area contributed by atoms with E-state index in [1.807, 2.05) is 67.7 Å². The van der Waals surface area contributed by atoms with Crippen LogP contribution in [0.2, 0.25) is 0 Å². The number of amides is 1. The van der Waals surface area contributed by atoms with Gasteiger partial charge in [0.1, 0.15) is 18.2 Å². The minimum absolute atomic E-state index is 0.0179. The number of rotatable bonds is 7. The lowest BCUT2D eigenvalue weighted by Gasteiger charge is -2.12. The average molecular weight is 490 g/mol. The van der Waals surface area contributed by atoms with Crippen LogP contribution in [-0.2, 0) is 6.61 Å². The molecular formula is C30H27N5O2. The van der Waals surface area contributed by atoms with Crippen molar-refractivity contribution in [1.82, 2.24) is 19.9 Å². The van der Waals surface area contributed by atoms with E-state index < -0.39 is 0 Å². The molecule has 0 saturated heterocycles. The zero-order valence-corrected chi connectivity index (χ0v) is 21.0. The molecule has 0 fully saturated rings. The second-order valence-electron chi connectivity index (χ2n) is 8.83. The fourth-order valence-electron chi connectivity index (χ4n) is 4.06. The number of nitrogens with one attached hydrogen (secondary N) is 1. The Morgan fingerprint density at radius 3 is 2.41 bits per heavy atom. The molecule has 0 saturated carbocycles. The topological polar surface area (TPSA) is 80.2 Å². The number of carbonyl (C=O) groups is 1. The summed E-state index contributed by atoms with van der Waals surface area (Å²) in [5.74, 6) is 2.14. The maximum atomic E-state index is 12.1. The molecule has 0 unspecified atom stereocenters. The van der Waals surface area contributed by atoms with E-state index in [-0.39, 0.29) is 5.91 Å². The van der Waals surface area contributed by atoms with Crippen molar-refractivity contribution >= 4 is 22.6 Å². The quantitative estimate of drug-likeness (QED) is 0.317. The van der Waals surface area contributed by atoms with E-state index in [9.17, 15) is 4.79 Å². The molecule has 0 aliphatic rings. The maximum Gasteiger partial charge on any atom is 0.253 e. The van der Waals surface area contributed by atoms with Crippen LogP contribution < -0.4 is 10.1 Å². The number of ether oxygens (including phenoxy) is 1. The minimum atomic E-state index is -0.0179. The number of nitrogens with zero attached hydrogens (tertiary/aromatic N) is 4. The molecule has 184 valence electrons. The number of fused-ring (bicyclic) bond motifs is 1. The third-order valence-corrected chi connectivity index (χ3v) is 6.03. The van der Waals surface area contributed by atoms with Gasteiger partial charge in [-0.2, -0.15) is 0 Å². The zero-order valence-electron chi connectivity index (χ0n) is 21.0. The van der Waals surface area contributed by atoms with E-state index in [0.717, 1.165) is 44.7 Å². The number of anilines is 1. The van der Waals surface area contributed by atoms with Crippen LogP contribution in [0.15, 0.2) is 91.3 Å². The molecule has 2 heterocycles. The first kappa shape index (κ1) is 23.9. The summed E-state index contributed by atoms with van der Waals surface area (Å²) in [7, 11) is 5.35. The summed E-state index contributed by atoms with van der Waals surface area (Å²) in [6.45, 7) is 0.409. The molecule has 1 amide bonds. The summed E-state index contributed by atoms with van der Waals surface area (Å²) < 4.78 is 6.06. The smallest absolute Gasteiger partial charge is 0.253 e. The van der Waals surface area contributed by atoms with Crippen molar-refractivity contribution in [2.24, 2.45) is 0 Å². The van der Waals surface area contributed by atoms with E-state index >= 15 is 0 Å². The van der Waals surface area contributed by atoms with Gasteiger partial charge in [0, 0.05) is 50.0 Å². The van der Waals surface area contributed by atoms with Gasteiger partial charge < -0.3 is 15.0 Å². The number of hydrogen-bond donors (Lipinski definition) is 1. The predicted octanol–water partition coefficient (Wildman–Crippen LogP) is 5.68. The molecule has 0 spiro atoms. The monoisotopic (exact) mass is 489 g/mol. The number of benzene rings is 3. The van der Waals surface area contributed by atoms with Gasteiger partial charge in [0.05, 0.1) is 5.52 Å². The largest absolute Gasteiger partial charge is 0.489 e. The maximum absolute atomic E-state index is 12.1. The third-order valence-electron chi connectivity index (χ3n) is 6.03. The fraction of sp³-hybridized carbons (Fsp3) is 0.133. The van der Waals surface area contributed by atoms with E-state index in [0.29, 0.717) is 18.0 Å². The van der Waals surface area contributed by atoms with Crippen LogP contribution in [-0.4, -0.2) is 46.9 Å². The Hall–Kier alpha value is -4.78. The van der Waals surface area contributed by atoms with Gasteiger partial charge in [-0.05, 0) is 65.2 Å². The van der Waals surface area contributed by atoms with E-state index in [4.69, 9.17) is 14.7 Å². The van der Waals surface area contributed by atoms with Gasteiger partial charge >= 0.3 is 0 Å². The molecule has 1 N–H and O–H groups in total. The highest BCUT2D eigenvalue weighted by atomic mass is 16.5. The molecule has 0 aliphatic carbocycles. The Bertz CT molecular complexity index is 1550. The molecule has 7 nitrogen and oxygen atoms in total. The average Bonchev–Trinajstić information content (AvgIpc) is 2.95. The molecule has 37 heavy (non-hydrogen) atoms. The first-order chi connectivity index (χ1) is 18.0. The van der Waals surface area contributed by atoms with Crippen LogP contribution in [0.4, 0.5) is 5.82 Å². The van der Waals surface area contributed by atoms with Gasteiger partial charge in [-0.3, -0.25) is 9.78 Å². The second-order valence-corrected chi connectivity index (χ2v) is 8.83. The molecule has 2 aromatic heterocycles. The van der Waals surface area contributed by atoms with Gasteiger partial charge in [0.2, 0.25) is 0 Å². The molecule has 0 radical (unpaired) electrons. The normalized spacial score (nSPS) is 10.8. The van der Waals surface area contributed by atoms with Crippen molar-refractivity contribution in [3.05, 3.63) is 102 Å². The Labute approximate surface area is 215 Å². The van der Waals surface area contributed by atoms with Crippen molar-refractivity contribution in [2.45, 2.75) is 6.61 Å². The van der Waals surface area contributed by atoms with E-state index in [1.54, 1.807) is 31.4 Å². The fourth-order valence-corrected chi connectivity index (χ4v) is 4.06. The Morgan fingerprint density at radius 2 is 1.68 bits per heavy atom. The molecule has 3 aromatic carbocycles. The van der Waals surface area contributed by atoms with Gasteiger partial charge in [0.25, 0.3) is 5.91 Å². The molecule has 5 rings (SSSR count). The Morgan fingerprint density at radius 1 is 0.892 bits per heavy atom. The first-order valence-electron chi connectivity index (χ1n) is 12.0. The SMILES string of the molecule is CNc1nc(-c2cccnc2)nc2ccc(-c3cccc(OCc4ccc(C(=O)N(C)C)cc4)c3)cc12. The Kier molecular flexibility index (Phi) is 6.76. The lowest BCUT2D eigenvalue weighted by atomic mass is 10.0. The first-order valence-corrected chi connectivity index (χ1v) is 12.0. The lowest BCUT2D eigenvalue weighted by Crippen LogP contribution is -2.21. The summed E-state index contributed by atoms with van der Waals surface area (Å²) in [6, 6.07) is 25.5. The van der Waals surface area contributed by atoms with E-state index in [1.165, 1.54) is 0 Å². The summed E-state index contributed by atoms with van der Waals surface area (Å²) in [6.07, 6.45) is 3.50. The van der Waals surface area contributed by atoms with E-state index in [2.05, 4.69) is 28.5 Å². The highest BCUT2D eigenvalue weighted by molar-refractivity contribution is 5.94. The summed E-state index contributed by atoms with van der Waals surface area (Å²) in [5.41, 5.74) is 5.44. The van der Waals surface area contributed by atoms with Crippen molar-refractivity contribution < 1.29 is 9.53 Å². The number of pyridine rings is 1. The highest BCUT2D eigenvalue weighted by Crippen LogP contribution is 2.31. The molecule has 0 bridgehead atoms. The van der Waals surface area contributed by atoms with Gasteiger partial charge in [0.15, 0.2) is 5.82 Å². The van der Waals surface area contributed by atoms with Crippen molar-refractivity contribution in [2.75, 3.05) is 26.5 Å². The predicted molar refractivity (Wildman–Crippen MR) is 147 cm³/mol. The van der Waals surface area contributed by atoms with Crippen LogP contribution >= 0.6 is 0 Å². The number of aromatic nitrogens is 3. The van der Waals surface area contributed by atoms with Crippen molar-refractivity contribution in [3.63, 3.8) is 0 Å². The number of hydrogen-bond acceptors (Lipinski definition) is 6. The van der Waals surface area contributed by atoms with Crippen LogP contribution in [0.25, 0.3) is 33.4 Å². The van der Waals surface area contributed by atoms with Crippen LogP contribution in [0.3, 0.4) is 0 Å². The third kappa shape index (κ3) is 5.26. The molecule has 5 aromatic rings. The van der Waals surface area contributed by atoms with Crippen LogP contribution in [0.5, 0.6) is 5.75 Å². The van der Waals surface area contributed by atoms with Crippen LogP contribution in [0.1, 0.15) is 15.9 Å². The minimum Gasteiger partial charge on any atom is -0.489 e. The number of carbonyl (C=O) groups excluding carboxylic acids is 1. The van der Waals surface area contributed by atoms with Gasteiger partial charge in [-0.1, -0.05) is 30.3 Å².